The van der Waals surface area contributed by atoms with Gasteiger partial charge in [-0.25, -0.2) is 0 Å². The van der Waals surface area contributed by atoms with Gasteiger partial charge in [-0.05, 0) is 18.1 Å². The topological polar surface area (TPSA) is 59.3 Å². The molecular weight excluding hydrogens is 230 g/mol. The summed E-state index contributed by atoms with van der Waals surface area (Å²) < 4.78 is 1.62. The van der Waals surface area contributed by atoms with E-state index in [-0.39, 0.29) is 17.9 Å². The Bertz CT molecular complexity index is 656. The third-order valence-electron chi connectivity index (χ3n) is 2.94. The third kappa shape index (κ3) is 2.14. The molecule has 18 heavy (non-hydrogen) atoms. The molecule has 0 aliphatic rings. The highest BCUT2D eigenvalue weighted by Crippen LogP contribution is 2.16. The molecule has 1 heterocycles. The SMILES string of the molecule is CC(C)c1cn(CC(=O)O)c2ccccc2c1=O. The van der Waals surface area contributed by atoms with E-state index in [9.17, 15) is 9.59 Å². The fraction of sp³-hybridized carbons (Fsp3) is 0.286. The molecular formula is C14H15NO3. The van der Waals surface area contributed by atoms with E-state index in [2.05, 4.69) is 0 Å². The molecule has 0 spiro atoms. The average Bonchev–Trinajstić information content (AvgIpc) is 2.32. The Kier molecular flexibility index (Phi) is 3.19. The van der Waals surface area contributed by atoms with Crippen LogP contribution in [0, 0.1) is 0 Å². The van der Waals surface area contributed by atoms with Crippen molar-refractivity contribution >= 4 is 16.9 Å². The van der Waals surface area contributed by atoms with E-state index in [0.29, 0.717) is 16.5 Å². The zero-order valence-electron chi connectivity index (χ0n) is 10.4. The highest BCUT2D eigenvalue weighted by atomic mass is 16.4. The van der Waals surface area contributed by atoms with Crippen LogP contribution in [0.5, 0.6) is 0 Å². The molecule has 0 amide bonds. The van der Waals surface area contributed by atoms with Crippen LogP contribution in [-0.4, -0.2) is 15.6 Å². The Morgan fingerprint density at radius 3 is 2.61 bits per heavy atom. The van der Waals surface area contributed by atoms with Gasteiger partial charge in [-0.2, -0.15) is 0 Å². The minimum Gasteiger partial charge on any atom is -0.480 e. The van der Waals surface area contributed by atoms with Gasteiger partial charge in [0, 0.05) is 17.1 Å². The lowest BCUT2D eigenvalue weighted by molar-refractivity contribution is -0.137. The molecule has 1 aromatic carbocycles. The first-order valence-corrected chi connectivity index (χ1v) is 5.84. The van der Waals surface area contributed by atoms with Crippen molar-refractivity contribution < 1.29 is 9.90 Å². The number of fused-ring (bicyclic) bond motifs is 1. The van der Waals surface area contributed by atoms with Gasteiger partial charge in [0.05, 0.1) is 5.52 Å². The summed E-state index contributed by atoms with van der Waals surface area (Å²) in [5, 5.41) is 9.50. The summed E-state index contributed by atoms with van der Waals surface area (Å²) in [5.74, 6) is -0.847. The molecule has 0 radical (unpaired) electrons. The standard InChI is InChI=1S/C14H15NO3/c1-9(2)11-7-15(8-13(16)17)12-6-4-3-5-10(12)14(11)18/h3-7,9H,8H2,1-2H3,(H,16,17). The van der Waals surface area contributed by atoms with Crippen LogP contribution in [0.4, 0.5) is 0 Å². The van der Waals surface area contributed by atoms with Crippen molar-refractivity contribution in [1.82, 2.24) is 4.57 Å². The molecule has 0 saturated heterocycles. The minimum atomic E-state index is -0.918. The second kappa shape index (κ2) is 4.64. The van der Waals surface area contributed by atoms with Crippen LogP contribution in [0.15, 0.2) is 35.3 Å². The molecule has 0 aliphatic carbocycles. The first kappa shape index (κ1) is 12.4. The van der Waals surface area contributed by atoms with E-state index in [0.717, 1.165) is 0 Å². The summed E-state index contributed by atoms with van der Waals surface area (Å²) in [6.45, 7) is 3.72. The minimum absolute atomic E-state index is 0.0118. The Morgan fingerprint density at radius 2 is 2.00 bits per heavy atom. The normalized spacial score (nSPS) is 11.1. The lowest BCUT2D eigenvalue weighted by atomic mass is 10.0. The quantitative estimate of drug-likeness (QED) is 0.901. The summed E-state index contributed by atoms with van der Waals surface area (Å²) >= 11 is 0. The Labute approximate surface area is 104 Å². The molecule has 94 valence electrons. The van der Waals surface area contributed by atoms with E-state index in [1.165, 1.54) is 0 Å². The number of carbonyl (C=O) groups is 1. The third-order valence-corrected chi connectivity index (χ3v) is 2.94. The number of hydrogen-bond acceptors (Lipinski definition) is 2. The molecule has 2 rings (SSSR count). The number of hydrogen-bond donors (Lipinski definition) is 1. The number of pyridine rings is 1. The molecule has 0 aliphatic heterocycles. The first-order chi connectivity index (χ1) is 8.50. The van der Waals surface area contributed by atoms with Crippen LogP contribution >= 0.6 is 0 Å². The van der Waals surface area contributed by atoms with Crippen LogP contribution in [0.25, 0.3) is 10.9 Å². The predicted molar refractivity (Wildman–Crippen MR) is 69.9 cm³/mol. The van der Waals surface area contributed by atoms with Crippen molar-refractivity contribution in [3.63, 3.8) is 0 Å². The van der Waals surface area contributed by atoms with Gasteiger partial charge in [-0.1, -0.05) is 26.0 Å². The van der Waals surface area contributed by atoms with E-state index in [1.54, 1.807) is 35.0 Å². The van der Waals surface area contributed by atoms with Crippen molar-refractivity contribution in [3.05, 3.63) is 46.2 Å². The molecule has 1 N–H and O–H groups in total. The Balaban J connectivity index is 2.80. The lowest BCUT2D eigenvalue weighted by Crippen LogP contribution is -2.18. The highest BCUT2D eigenvalue weighted by Gasteiger charge is 2.12. The maximum atomic E-state index is 12.2. The molecule has 0 unspecified atom stereocenters. The Hall–Kier alpha value is -2.10. The van der Waals surface area contributed by atoms with Gasteiger partial charge in [0.25, 0.3) is 0 Å². The summed E-state index contributed by atoms with van der Waals surface area (Å²) in [6.07, 6.45) is 1.66. The van der Waals surface area contributed by atoms with Gasteiger partial charge < -0.3 is 9.67 Å². The number of rotatable bonds is 3. The van der Waals surface area contributed by atoms with Crippen molar-refractivity contribution in [2.45, 2.75) is 26.3 Å². The number of para-hydroxylation sites is 1. The maximum Gasteiger partial charge on any atom is 0.323 e. The summed E-state index contributed by atoms with van der Waals surface area (Å²) in [7, 11) is 0. The number of nitrogens with zero attached hydrogens (tertiary/aromatic N) is 1. The van der Waals surface area contributed by atoms with E-state index in [1.807, 2.05) is 13.8 Å². The molecule has 0 atom stereocenters. The number of aliphatic carboxylic acids is 1. The average molecular weight is 245 g/mol. The van der Waals surface area contributed by atoms with Crippen LogP contribution in [0.1, 0.15) is 25.3 Å². The van der Waals surface area contributed by atoms with Gasteiger partial charge in [0.1, 0.15) is 6.54 Å². The number of aromatic nitrogens is 1. The molecule has 1 aromatic heterocycles. The molecule has 0 fully saturated rings. The van der Waals surface area contributed by atoms with Gasteiger partial charge in [-0.15, -0.1) is 0 Å². The van der Waals surface area contributed by atoms with Gasteiger partial charge in [-0.3, -0.25) is 9.59 Å². The van der Waals surface area contributed by atoms with Crippen LogP contribution in [0.3, 0.4) is 0 Å². The summed E-state index contributed by atoms with van der Waals surface area (Å²) in [4.78, 5) is 23.1. The van der Waals surface area contributed by atoms with Crippen molar-refractivity contribution in [1.29, 1.82) is 0 Å². The molecule has 0 saturated carbocycles. The summed E-state index contributed by atoms with van der Waals surface area (Å²) in [5.41, 5.74) is 1.30. The van der Waals surface area contributed by atoms with E-state index >= 15 is 0 Å². The second-order valence-electron chi connectivity index (χ2n) is 4.61. The smallest absolute Gasteiger partial charge is 0.323 e. The fourth-order valence-corrected chi connectivity index (χ4v) is 2.06. The van der Waals surface area contributed by atoms with E-state index < -0.39 is 5.97 Å². The number of carboxylic acids is 1. The number of carboxylic acid groups (broad SMARTS) is 1. The Morgan fingerprint density at radius 1 is 1.33 bits per heavy atom. The van der Waals surface area contributed by atoms with Gasteiger partial charge in [0.15, 0.2) is 5.43 Å². The largest absolute Gasteiger partial charge is 0.480 e. The molecule has 2 aromatic rings. The van der Waals surface area contributed by atoms with Crippen molar-refractivity contribution in [2.75, 3.05) is 0 Å². The zero-order valence-corrected chi connectivity index (χ0v) is 10.4. The lowest BCUT2D eigenvalue weighted by Gasteiger charge is -2.13. The molecule has 4 nitrogen and oxygen atoms in total. The fourth-order valence-electron chi connectivity index (χ4n) is 2.06. The summed E-state index contributed by atoms with van der Waals surface area (Å²) in [6, 6.07) is 7.10. The van der Waals surface area contributed by atoms with Crippen molar-refractivity contribution in [2.24, 2.45) is 0 Å². The first-order valence-electron chi connectivity index (χ1n) is 5.84. The van der Waals surface area contributed by atoms with Crippen LogP contribution in [0.2, 0.25) is 0 Å². The highest BCUT2D eigenvalue weighted by molar-refractivity contribution is 5.81. The van der Waals surface area contributed by atoms with E-state index in [4.69, 9.17) is 5.11 Å². The van der Waals surface area contributed by atoms with Crippen LogP contribution in [-0.2, 0) is 11.3 Å². The van der Waals surface area contributed by atoms with Gasteiger partial charge >= 0.3 is 5.97 Å². The number of benzene rings is 1. The molecule has 0 bridgehead atoms. The maximum absolute atomic E-state index is 12.2. The van der Waals surface area contributed by atoms with Gasteiger partial charge in [0.2, 0.25) is 0 Å². The van der Waals surface area contributed by atoms with Crippen molar-refractivity contribution in [3.8, 4) is 0 Å². The predicted octanol–water partition coefficient (Wildman–Crippen LogP) is 2.21. The zero-order chi connectivity index (χ0) is 13.3. The molecule has 4 heteroatoms. The van der Waals surface area contributed by atoms with Crippen LogP contribution < -0.4 is 5.43 Å². The monoisotopic (exact) mass is 245 g/mol. The second-order valence-corrected chi connectivity index (χ2v) is 4.61.